The molecule has 1 amide bonds. The highest BCUT2D eigenvalue weighted by molar-refractivity contribution is 9.10. The fourth-order valence-electron chi connectivity index (χ4n) is 2.47. The van der Waals surface area contributed by atoms with Gasteiger partial charge in [0.05, 0.1) is 23.2 Å². The Hall–Kier alpha value is -1.57. The van der Waals surface area contributed by atoms with E-state index in [1.54, 1.807) is 20.3 Å². The maximum atomic E-state index is 12.1. The molecule has 0 heterocycles. The Morgan fingerprint density at radius 1 is 1.04 bits per heavy atom. The Morgan fingerprint density at radius 2 is 1.58 bits per heavy atom. The van der Waals surface area contributed by atoms with Crippen LogP contribution in [0.15, 0.2) is 45.3 Å². The highest BCUT2D eigenvalue weighted by Crippen LogP contribution is 2.26. The molecule has 26 heavy (non-hydrogen) atoms. The van der Waals surface area contributed by atoms with Gasteiger partial charge in [-0.3, -0.25) is 4.79 Å². The van der Waals surface area contributed by atoms with Crippen molar-refractivity contribution in [2.24, 2.45) is 0 Å². The van der Waals surface area contributed by atoms with Crippen molar-refractivity contribution in [1.29, 1.82) is 0 Å². The lowest BCUT2D eigenvalue weighted by molar-refractivity contribution is -0.129. The summed E-state index contributed by atoms with van der Waals surface area (Å²) in [6.07, 6.45) is -0.199. The standard InChI is InChI=1S/C19H21Br2NO4/c1-25-17-5-3-12(9-14(17)20)7-8-22-19(24)16(23)11-13-4-6-18(26-2)15(21)10-13/h3-6,9-10,16,23H,7-8,11H2,1-2H3,(H,22,24)/t16-/m0/s1. The Labute approximate surface area is 170 Å². The Kier molecular flexibility index (Phi) is 7.93. The van der Waals surface area contributed by atoms with Gasteiger partial charge in [-0.25, -0.2) is 0 Å². The van der Waals surface area contributed by atoms with Gasteiger partial charge < -0.3 is 19.9 Å². The van der Waals surface area contributed by atoms with Crippen molar-refractivity contribution in [3.05, 3.63) is 56.5 Å². The normalized spacial score (nSPS) is 11.7. The first kappa shape index (κ1) is 20.7. The summed E-state index contributed by atoms with van der Waals surface area (Å²) in [7, 11) is 3.20. The van der Waals surface area contributed by atoms with E-state index < -0.39 is 6.10 Å². The van der Waals surface area contributed by atoms with E-state index in [2.05, 4.69) is 37.2 Å². The van der Waals surface area contributed by atoms with Gasteiger partial charge in [0.25, 0.3) is 0 Å². The van der Waals surface area contributed by atoms with Crippen LogP contribution >= 0.6 is 31.9 Å². The number of nitrogens with one attached hydrogen (secondary N) is 1. The van der Waals surface area contributed by atoms with E-state index in [-0.39, 0.29) is 12.3 Å². The summed E-state index contributed by atoms with van der Waals surface area (Å²) in [5.74, 6) is 1.08. The van der Waals surface area contributed by atoms with Gasteiger partial charge in [0.2, 0.25) is 5.91 Å². The number of benzene rings is 2. The predicted molar refractivity (Wildman–Crippen MR) is 108 cm³/mol. The van der Waals surface area contributed by atoms with Gasteiger partial charge in [0.1, 0.15) is 17.6 Å². The highest BCUT2D eigenvalue weighted by Gasteiger charge is 2.16. The van der Waals surface area contributed by atoms with Crippen LogP contribution in [-0.2, 0) is 17.6 Å². The zero-order valence-electron chi connectivity index (χ0n) is 14.6. The lowest BCUT2D eigenvalue weighted by Gasteiger charge is -2.13. The topological polar surface area (TPSA) is 67.8 Å². The molecule has 5 nitrogen and oxygen atoms in total. The molecule has 1 atom stereocenters. The quantitative estimate of drug-likeness (QED) is 0.599. The number of amides is 1. The number of halogens is 2. The molecule has 2 rings (SSSR count). The average molecular weight is 487 g/mol. The number of rotatable bonds is 8. The molecule has 2 aromatic rings. The smallest absolute Gasteiger partial charge is 0.249 e. The van der Waals surface area contributed by atoms with E-state index in [1.807, 2.05) is 30.3 Å². The van der Waals surface area contributed by atoms with Crippen LogP contribution in [0.3, 0.4) is 0 Å². The average Bonchev–Trinajstić information content (AvgIpc) is 2.62. The van der Waals surface area contributed by atoms with Gasteiger partial charge in [0, 0.05) is 13.0 Å². The monoisotopic (exact) mass is 485 g/mol. The highest BCUT2D eigenvalue weighted by atomic mass is 79.9. The molecule has 0 aromatic heterocycles. The first-order chi connectivity index (χ1) is 12.4. The van der Waals surface area contributed by atoms with Gasteiger partial charge in [-0.1, -0.05) is 12.1 Å². The van der Waals surface area contributed by atoms with Crippen LogP contribution in [0.5, 0.6) is 11.5 Å². The van der Waals surface area contributed by atoms with Crippen LogP contribution in [0.1, 0.15) is 11.1 Å². The molecule has 0 fully saturated rings. The fraction of sp³-hybridized carbons (Fsp3) is 0.316. The second-order valence-corrected chi connectivity index (χ2v) is 7.41. The molecule has 0 radical (unpaired) electrons. The number of aliphatic hydroxyl groups excluding tert-OH is 1. The van der Waals surface area contributed by atoms with Crippen LogP contribution in [0.25, 0.3) is 0 Å². The van der Waals surface area contributed by atoms with Crippen LogP contribution in [0.2, 0.25) is 0 Å². The molecule has 0 spiro atoms. The third-order valence-corrected chi connectivity index (χ3v) is 5.12. The van der Waals surface area contributed by atoms with Crippen molar-refractivity contribution < 1.29 is 19.4 Å². The summed E-state index contributed by atoms with van der Waals surface area (Å²) in [4.78, 5) is 12.1. The molecular formula is C19H21Br2NO4. The van der Waals surface area contributed by atoms with E-state index in [9.17, 15) is 9.90 Å². The number of hydrogen-bond donors (Lipinski definition) is 2. The number of ether oxygens (including phenoxy) is 2. The molecule has 0 bridgehead atoms. The SMILES string of the molecule is COc1ccc(CCNC(=O)[C@@H](O)Cc2ccc(OC)c(Br)c2)cc1Br. The third kappa shape index (κ3) is 5.72. The van der Waals surface area contributed by atoms with Crippen molar-refractivity contribution in [3.8, 4) is 11.5 Å². The predicted octanol–water partition coefficient (Wildman–Crippen LogP) is 3.49. The zero-order chi connectivity index (χ0) is 19.1. The molecule has 0 aliphatic rings. The van der Waals surface area contributed by atoms with Crippen LogP contribution in [0.4, 0.5) is 0 Å². The molecule has 140 valence electrons. The summed E-state index contributed by atoms with van der Waals surface area (Å²) in [5, 5.41) is 12.9. The maximum Gasteiger partial charge on any atom is 0.249 e. The van der Waals surface area contributed by atoms with Crippen molar-refractivity contribution >= 4 is 37.8 Å². The molecule has 2 N–H and O–H groups in total. The van der Waals surface area contributed by atoms with Crippen LogP contribution in [0, 0.1) is 0 Å². The number of carbonyl (C=O) groups is 1. The Bertz CT molecular complexity index is 767. The Balaban J connectivity index is 1.83. The van der Waals surface area contributed by atoms with Crippen LogP contribution < -0.4 is 14.8 Å². The van der Waals surface area contributed by atoms with Gasteiger partial charge in [-0.15, -0.1) is 0 Å². The van der Waals surface area contributed by atoms with Crippen molar-refractivity contribution in [3.63, 3.8) is 0 Å². The van der Waals surface area contributed by atoms with E-state index in [0.717, 1.165) is 25.8 Å². The minimum absolute atomic E-state index is 0.239. The van der Waals surface area contributed by atoms with E-state index in [4.69, 9.17) is 9.47 Å². The zero-order valence-corrected chi connectivity index (χ0v) is 17.8. The van der Waals surface area contributed by atoms with E-state index in [1.165, 1.54) is 0 Å². The summed E-state index contributed by atoms with van der Waals surface area (Å²) in [6, 6.07) is 11.2. The second kappa shape index (κ2) is 9.94. The maximum absolute atomic E-state index is 12.1. The van der Waals surface area contributed by atoms with E-state index >= 15 is 0 Å². The van der Waals surface area contributed by atoms with Gasteiger partial charge in [-0.2, -0.15) is 0 Å². The molecule has 0 unspecified atom stereocenters. The van der Waals surface area contributed by atoms with E-state index in [0.29, 0.717) is 18.7 Å². The third-order valence-electron chi connectivity index (χ3n) is 3.88. The minimum Gasteiger partial charge on any atom is -0.496 e. The summed E-state index contributed by atoms with van der Waals surface area (Å²) in [5.41, 5.74) is 1.91. The molecule has 0 aliphatic heterocycles. The number of hydrogen-bond acceptors (Lipinski definition) is 4. The van der Waals surface area contributed by atoms with Gasteiger partial charge in [0.15, 0.2) is 0 Å². The van der Waals surface area contributed by atoms with Crippen molar-refractivity contribution in [2.75, 3.05) is 20.8 Å². The number of carbonyl (C=O) groups excluding carboxylic acids is 1. The lowest BCUT2D eigenvalue weighted by Crippen LogP contribution is -2.37. The number of methoxy groups -OCH3 is 2. The van der Waals surface area contributed by atoms with Gasteiger partial charge in [-0.05, 0) is 73.7 Å². The largest absolute Gasteiger partial charge is 0.496 e. The molecule has 0 saturated heterocycles. The molecular weight excluding hydrogens is 466 g/mol. The minimum atomic E-state index is -1.10. The summed E-state index contributed by atoms with van der Waals surface area (Å²) >= 11 is 6.84. The summed E-state index contributed by atoms with van der Waals surface area (Å²) in [6.45, 7) is 0.445. The van der Waals surface area contributed by atoms with Crippen molar-refractivity contribution in [2.45, 2.75) is 18.9 Å². The first-order valence-corrected chi connectivity index (χ1v) is 9.63. The molecule has 0 aliphatic carbocycles. The molecule has 0 saturated carbocycles. The van der Waals surface area contributed by atoms with Gasteiger partial charge >= 0.3 is 0 Å². The lowest BCUT2D eigenvalue weighted by atomic mass is 10.1. The Morgan fingerprint density at radius 3 is 2.12 bits per heavy atom. The fourth-order valence-corrected chi connectivity index (χ4v) is 3.64. The second-order valence-electron chi connectivity index (χ2n) is 5.70. The first-order valence-electron chi connectivity index (χ1n) is 8.05. The van der Waals surface area contributed by atoms with Crippen molar-refractivity contribution in [1.82, 2.24) is 5.32 Å². The summed E-state index contributed by atoms with van der Waals surface area (Å²) < 4.78 is 12.0. The molecule has 7 heteroatoms. The number of aliphatic hydroxyl groups is 1. The van der Waals surface area contributed by atoms with Crippen LogP contribution in [-0.4, -0.2) is 37.9 Å². The molecule has 2 aromatic carbocycles.